The van der Waals surface area contributed by atoms with Gasteiger partial charge in [-0.05, 0) is 0 Å². The first-order chi connectivity index (χ1) is 9.94. The Morgan fingerprint density at radius 2 is 1.36 bits per heavy atom. The Hall–Kier alpha value is 0.0900. The van der Waals surface area contributed by atoms with Gasteiger partial charge in [0, 0.05) is 6.92 Å². The van der Waals surface area contributed by atoms with Crippen molar-refractivity contribution in [1.82, 2.24) is 5.06 Å². The lowest BCUT2D eigenvalue weighted by Gasteiger charge is -2.34. The summed E-state index contributed by atoms with van der Waals surface area (Å²) in [5.74, 6) is -5.28. The van der Waals surface area contributed by atoms with Gasteiger partial charge in [-0.1, -0.05) is 46.4 Å². The molecular formula is C11H5Cl6NO4. The van der Waals surface area contributed by atoms with Crippen LogP contribution in [0.4, 0.5) is 0 Å². The molecule has 4 atom stereocenters. The molecule has 2 aliphatic carbocycles. The van der Waals surface area contributed by atoms with Crippen molar-refractivity contribution >= 4 is 87.4 Å². The fourth-order valence-corrected chi connectivity index (χ4v) is 6.12. The molecule has 1 saturated heterocycles. The summed E-state index contributed by atoms with van der Waals surface area (Å²) in [6.45, 7) is 1.03. The van der Waals surface area contributed by atoms with Crippen molar-refractivity contribution in [3.63, 3.8) is 0 Å². The highest BCUT2D eigenvalue weighted by Gasteiger charge is 2.88. The Labute approximate surface area is 154 Å². The van der Waals surface area contributed by atoms with E-state index in [1.807, 2.05) is 0 Å². The van der Waals surface area contributed by atoms with E-state index in [-0.39, 0.29) is 10.1 Å². The maximum Gasteiger partial charge on any atom is 0.330 e. The molecule has 3 aliphatic rings. The Morgan fingerprint density at radius 3 is 1.68 bits per heavy atom. The zero-order chi connectivity index (χ0) is 16.8. The molecule has 0 radical (unpaired) electrons. The third-order valence-corrected chi connectivity index (χ3v) is 8.35. The first kappa shape index (κ1) is 16.9. The van der Waals surface area contributed by atoms with E-state index in [0.29, 0.717) is 5.06 Å². The zero-order valence-electron chi connectivity index (χ0n) is 10.5. The van der Waals surface area contributed by atoms with Gasteiger partial charge in [0.15, 0.2) is 4.33 Å². The third kappa shape index (κ3) is 1.49. The Morgan fingerprint density at radius 1 is 1.00 bits per heavy atom. The van der Waals surface area contributed by atoms with E-state index in [9.17, 15) is 14.4 Å². The number of carbonyl (C=O) groups is 3. The van der Waals surface area contributed by atoms with Crippen molar-refractivity contribution in [3.05, 3.63) is 10.1 Å². The van der Waals surface area contributed by atoms with Crippen LogP contribution in [0.3, 0.4) is 0 Å². The monoisotopic (exact) mass is 425 g/mol. The van der Waals surface area contributed by atoms with Crippen LogP contribution in [0.15, 0.2) is 10.1 Å². The number of nitrogens with zero attached hydrogens (tertiary/aromatic N) is 1. The Balaban J connectivity index is 2.21. The number of hydrogen-bond acceptors (Lipinski definition) is 4. The second kappa shape index (κ2) is 4.58. The van der Waals surface area contributed by atoms with Gasteiger partial charge in [0.05, 0.1) is 21.9 Å². The van der Waals surface area contributed by atoms with Gasteiger partial charge in [0.2, 0.25) is 0 Å². The van der Waals surface area contributed by atoms with Crippen molar-refractivity contribution in [3.8, 4) is 0 Å². The summed E-state index contributed by atoms with van der Waals surface area (Å²) in [5, 5.41) is -0.111. The maximum absolute atomic E-state index is 12.5. The van der Waals surface area contributed by atoms with Gasteiger partial charge in [-0.2, -0.15) is 0 Å². The predicted octanol–water partition coefficient (Wildman–Crippen LogP) is 2.91. The highest BCUT2D eigenvalue weighted by molar-refractivity contribution is 6.66. The van der Waals surface area contributed by atoms with Crippen LogP contribution in [0.25, 0.3) is 0 Å². The lowest BCUT2D eigenvalue weighted by atomic mass is 9.84. The largest absolute Gasteiger partial charge is 0.331 e. The van der Waals surface area contributed by atoms with E-state index in [0.717, 1.165) is 6.92 Å². The molecular weight excluding hydrogens is 423 g/mol. The van der Waals surface area contributed by atoms with E-state index in [4.69, 9.17) is 69.6 Å². The molecule has 0 aromatic rings. The Kier molecular flexibility index (Phi) is 3.53. The second-order valence-corrected chi connectivity index (χ2v) is 8.41. The number of alkyl halides is 4. The molecule has 2 fully saturated rings. The molecule has 11 heteroatoms. The standard InChI is InChI=1S/C11H5Cl6NO4/c1-2(19)22-18-7(20)3-4(8(18)21)10(15)6(13)5(12)9(3,14)11(10,16)17/h3-4H,1H3/t3-,4+,9-,10-/m0/s1. The maximum atomic E-state index is 12.5. The minimum absolute atomic E-state index is 0.206. The molecule has 1 heterocycles. The molecule has 0 N–H and O–H groups in total. The van der Waals surface area contributed by atoms with E-state index >= 15 is 0 Å². The van der Waals surface area contributed by atoms with Crippen LogP contribution in [0.5, 0.6) is 0 Å². The summed E-state index contributed by atoms with van der Waals surface area (Å²) in [5.41, 5.74) is 0. The number of carbonyl (C=O) groups excluding carboxylic acids is 3. The van der Waals surface area contributed by atoms with Crippen molar-refractivity contribution in [2.45, 2.75) is 21.0 Å². The SMILES string of the molecule is CC(=O)ON1C(=O)[C@@H]2[C@H](C1=O)[C@]1(Cl)C(Cl)=C(Cl)[C@]2(Cl)C1(Cl)Cl. The van der Waals surface area contributed by atoms with Gasteiger partial charge in [-0.3, -0.25) is 9.59 Å². The number of rotatable bonds is 1. The number of allylic oxidation sites excluding steroid dienone is 2. The number of hydroxylamine groups is 2. The van der Waals surface area contributed by atoms with Crippen LogP contribution < -0.4 is 0 Å². The second-order valence-electron chi connectivity index (χ2n) is 5.13. The fourth-order valence-electron chi connectivity index (χ4n) is 3.19. The molecule has 0 unspecified atom stereocenters. The van der Waals surface area contributed by atoms with Crippen molar-refractivity contribution < 1.29 is 19.2 Å². The number of imide groups is 1. The highest BCUT2D eigenvalue weighted by atomic mass is 35.5. The first-order valence-electron chi connectivity index (χ1n) is 5.82. The van der Waals surface area contributed by atoms with Gasteiger partial charge in [0.1, 0.15) is 9.75 Å². The quantitative estimate of drug-likeness (QED) is 0.477. The molecule has 1 saturated carbocycles. The van der Waals surface area contributed by atoms with E-state index in [2.05, 4.69) is 4.84 Å². The molecule has 5 nitrogen and oxygen atoms in total. The average molecular weight is 428 g/mol. The normalized spacial score (nSPS) is 42.2. The molecule has 1 aliphatic heterocycles. The van der Waals surface area contributed by atoms with Gasteiger partial charge >= 0.3 is 5.97 Å². The summed E-state index contributed by atoms with van der Waals surface area (Å²) in [6.07, 6.45) is 0. The highest BCUT2D eigenvalue weighted by Crippen LogP contribution is 2.77. The smallest absolute Gasteiger partial charge is 0.330 e. The van der Waals surface area contributed by atoms with Crippen molar-refractivity contribution in [1.29, 1.82) is 0 Å². The van der Waals surface area contributed by atoms with E-state index in [1.165, 1.54) is 0 Å². The van der Waals surface area contributed by atoms with Crippen LogP contribution in [-0.2, 0) is 19.2 Å². The molecule has 0 spiro atoms. The van der Waals surface area contributed by atoms with E-state index < -0.39 is 43.7 Å². The molecule has 0 aromatic carbocycles. The third-order valence-electron chi connectivity index (χ3n) is 4.09. The predicted molar refractivity (Wildman–Crippen MR) is 80.9 cm³/mol. The van der Waals surface area contributed by atoms with Gasteiger partial charge < -0.3 is 4.84 Å². The Bertz CT molecular complexity index is 631. The van der Waals surface area contributed by atoms with Crippen molar-refractivity contribution in [2.75, 3.05) is 0 Å². The van der Waals surface area contributed by atoms with Crippen LogP contribution in [0.1, 0.15) is 6.92 Å². The average Bonchev–Trinajstić information content (AvgIpc) is 2.78. The van der Waals surface area contributed by atoms with Crippen LogP contribution in [0, 0.1) is 11.8 Å². The number of fused-ring (bicyclic) bond motifs is 5. The summed E-state index contributed by atoms with van der Waals surface area (Å²) >= 11 is 37.5. The minimum Gasteiger partial charge on any atom is -0.331 e. The number of halogens is 6. The van der Waals surface area contributed by atoms with Crippen molar-refractivity contribution in [2.24, 2.45) is 11.8 Å². The van der Waals surface area contributed by atoms with Gasteiger partial charge in [-0.25, -0.2) is 4.79 Å². The lowest BCUT2D eigenvalue weighted by molar-refractivity contribution is -0.197. The fraction of sp³-hybridized carbons (Fsp3) is 0.545. The molecule has 120 valence electrons. The van der Waals surface area contributed by atoms with Crippen LogP contribution in [0.2, 0.25) is 0 Å². The zero-order valence-corrected chi connectivity index (χ0v) is 15.0. The summed E-state index contributed by atoms with van der Waals surface area (Å²) < 4.78 is -2.00. The molecule has 22 heavy (non-hydrogen) atoms. The molecule has 0 aromatic heterocycles. The number of hydrogen-bond donors (Lipinski definition) is 0. The molecule has 3 rings (SSSR count). The van der Waals surface area contributed by atoms with Gasteiger partial charge in [0.25, 0.3) is 11.8 Å². The van der Waals surface area contributed by atoms with Gasteiger partial charge in [-0.15, -0.1) is 28.3 Å². The molecule has 2 amide bonds. The first-order valence-corrected chi connectivity index (χ1v) is 8.09. The topological polar surface area (TPSA) is 63.7 Å². The molecule has 2 bridgehead atoms. The lowest BCUT2D eigenvalue weighted by Crippen LogP contribution is -2.50. The summed E-state index contributed by atoms with van der Waals surface area (Å²) in [7, 11) is 0. The number of amides is 2. The van der Waals surface area contributed by atoms with E-state index in [1.54, 1.807) is 0 Å². The van der Waals surface area contributed by atoms with Crippen LogP contribution >= 0.6 is 69.6 Å². The van der Waals surface area contributed by atoms with Crippen LogP contribution in [-0.4, -0.2) is 36.9 Å². The summed E-state index contributed by atoms with van der Waals surface area (Å²) in [6, 6.07) is 0. The summed E-state index contributed by atoms with van der Waals surface area (Å²) in [4.78, 5) is 36.8. The minimum atomic E-state index is -2.00.